The molecule has 30 heavy (non-hydrogen) atoms. The molecule has 0 aliphatic rings. The molecule has 0 spiro atoms. The van der Waals surface area contributed by atoms with Gasteiger partial charge in [-0.15, -0.1) is 0 Å². The third kappa shape index (κ3) is 4.13. The van der Waals surface area contributed by atoms with Crippen LogP contribution in [0.2, 0.25) is 0 Å². The molecule has 156 valence electrons. The minimum absolute atomic E-state index is 0.0280. The van der Waals surface area contributed by atoms with Gasteiger partial charge in [-0.3, -0.25) is 14.4 Å². The Morgan fingerprint density at radius 3 is 2.20 bits per heavy atom. The highest BCUT2D eigenvalue weighted by Gasteiger charge is 2.23. The number of nitrogens with zero attached hydrogens (tertiary/aromatic N) is 2. The van der Waals surface area contributed by atoms with Crippen molar-refractivity contribution < 1.29 is 14.4 Å². The number of benzene rings is 2. The van der Waals surface area contributed by atoms with E-state index in [0.29, 0.717) is 29.7 Å². The Bertz CT molecular complexity index is 1090. The largest absolute Gasteiger partial charge is 0.342 e. The fourth-order valence-electron chi connectivity index (χ4n) is 3.68. The van der Waals surface area contributed by atoms with Crippen LogP contribution in [0.5, 0.6) is 0 Å². The van der Waals surface area contributed by atoms with Gasteiger partial charge < -0.3 is 14.8 Å². The maximum atomic E-state index is 13.0. The average molecular weight is 405 g/mol. The standard InChI is InChI=1S/C24H27N3O3/c1-5-26(6-2)21(28)15-27-14-19(18-12-7-8-13-20(18)27)23(29)24(30)25-22-16(3)10-9-11-17(22)4/h7-14H,5-6,15H2,1-4H3,(H,25,30). The van der Waals surface area contributed by atoms with Crippen molar-refractivity contribution in [1.82, 2.24) is 9.47 Å². The van der Waals surface area contributed by atoms with Crippen molar-refractivity contribution in [1.29, 1.82) is 0 Å². The second kappa shape index (κ2) is 8.95. The third-order valence-corrected chi connectivity index (χ3v) is 5.38. The van der Waals surface area contributed by atoms with Crippen LogP contribution in [0.3, 0.4) is 0 Å². The second-order valence-corrected chi connectivity index (χ2v) is 7.30. The first kappa shape index (κ1) is 21.3. The molecule has 0 aliphatic heterocycles. The van der Waals surface area contributed by atoms with Crippen LogP contribution in [-0.2, 0) is 16.1 Å². The van der Waals surface area contributed by atoms with Crippen molar-refractivity contribution in [2.24, 2.45) is 0 Å². The molecule has 2 aromatic carbocycles. The van der Waals surface area contributed by atoms with Gasteiger partial charge in [0.2, 0.25) is 5.91 Å². The smallest absolute Gasteiger partial charge is 0.296 e. The van der Waals surface area contributed by atoms with Gasteiger partial charge in [0.15, 0.2) is 0 Å². The SMILES string of the molecule is CCN(CC)C(=O)Cn1cc(C(=O)C(=O)Nc2c(C)cccc2C)c2ccccc21. The van der Waals surface area contributed by atoms with Crippen molar-refractivity contribution in [2.45, 2.75) is 34.2 Å². The van der Waals surface area contributed by atoms with Crippen LogP contribution in [0, 0.1) is 13.8 Å². The van der Waals surface area contributed by atoms with E-state index in [9.17, 15) is 14.4 Å². The first-order chi connectivity index (χ1) is 14.4. The van der Waals surface area contributed by atoms with Crippen LogP contribution >= 0.6 is 0 Å². The number of rotatable bonds is 7. The topological polar surface area (TPSA) is 71.4 Å². The summed E-state index contributed by atoms with van der Waals surface area (Å²) in [7, 11) is 0. The summed E-state index contributed by atoms with van der Waals surface area (Å²) in [5.74, 6) is -1.34. The molecule has 0 aliphatic carbocycles. The number of likely N-dealkylation sites (N-methyl/N-ethyl adjacent to an activating group) is 1. The average Bonchev–Trinajstić information content (AvgIpc) is 3.09. The highest BCUT2D eigenvalue weighted by Crippen LogP contribution is 2.24. The van der Waals surface area contributed by atoms with Crippen LogP contribution in [-0.4, -0.2) is 40.2 Å². The highest BCUT2D eigenvalue weighted by atomic mass is 16.2. The molecule has 0 bridgehead atoms. The molecule has 1 heterocycles. The number of anilines is 1. The summed E-state index contributed by atoms with van der Waals surface area (Å²) in [6.45, 7) is 9.00. The number of Topliss-reactive ketones (excluding diaryl/α,β-unsaturated/α-hetero) is 1. The van der Waals surface area contributed by atoms with Gasteiger partial charge in [-0.2, -0.15) is 0 Å². The number of carbonyl (C=O) groups excluding carboxylic acids is 3. The van der Waals surface area contributed by atoms with Crippen LogP contribution in [0.4, 0.5) is 5.69 Å². The van der Waals surface area contributed by atoms with Crippen LogP contribution in [0.25, 0.3) is 10.9 Å². The molecule has 1 N–H and O–H groups in total. The molecule has 0 saturated carbocycles. The molecule has 0 saturated heterocycles. The van der Waals surface area contributed by atoms with Crippen LogP contribution in [0.15, 0.2) is 48.7 Å². The van der Waals surface area contributed by atoms with E-state index in [1.807, 2.05) is 64.1 Å². The normalized spacial score (nSPS) is 10.8. The summed E-state index contributed by atoms with van der Waals surface area (Å²) in [6, 6.07) is 13.0. The zero-order valence-electron chi connectivity index (χ0n) is 17.9. The van der Waals surface area contributed by atoms with Crippen LogP contribution < -0.4 is 5.32 Å². The molecular weight excluding hydrogens is 378 g/mol. The molecular formula is C24H27N3O3. The number of fused-ring (bicyclic) bond motifs is 1. The van der Waals surface area contributed by atoms with E-state index < -0.39 is 11.7 Å². The van der Waals surface area contributed by atoms with E-state index in [1.165, 1.54) is 0 Å². The van der Waals surface area contributed by atoms with Crippen molar-refractivity contribution in [2.75, 3.05) is 18.4 Å². The monoisotopic (exact) mass is 405 g/mol. The maximum Gasteiger partial charge on any atom is 0.296 e. The lowest BCUT2D eigenvalue weighted by atomic mass is 10.1. The van der Waals surface area contributed by atoms with E-state index in [-0.39, 0.29) is 12.5 Å². The molecule has 2 amide bonds. The van der Waals surface area contributed by atoms with Gasteiger partial charge in [0.1, 0.15) is 6.54 Å². The molecule has 6 nitrogen and oxygen atoms in total. The zero-order chi connectivity index (χ0) is 21.8. The number of ketones is 1. The lowest BCUT2D eigenvalue weighted by Crippen LogP contribution is -2.33. The van der Waals surface area contributed by atoms with E-state index >= 15 is 0 Å². The minimum atomic E-state index is -0.689. The first-order valence-corrected chi connectivity index (χ1v) is 10.1. The summed E-state index contributed by atoms with van der Waals surface area (Å²) in [4.78, 5) is 40.1. The number of hydrogen-bond acceptors (Lipinski definition) is 3. The summed E-state index contributed by atoms with van der Waals surface area (Å²) < 4.78 is 1.75. The minimum Gasteiger partial charge on any atom is -0.342 e. The molecule has 1 aromatic heterocycles. The van der Waals surface area contributed by atoms with Crippen molar-refractivity contribution in [3.05, 3.63) is 65.4 Å². The fourth-order valence-corrected chi connectivity index (χ4v) is 3.68. The molecule has 3 aromatic rings. The predicted octanol–water partition coefficient (Wildman–Crippen LogP) is 3.95. The summed E-state index contributed by atoms with van der Waals surface area (Å²) in [5.41, 5.74) is 3.48. The van der Waals surface area contributed by atoms with Gasteiger partial charge in [0.25, 0.3) is 11.7 Å². The first-order valence-electron chi connectivity index (χ1n) is 10.1. The molecule has 0 fully saturated rings. The number of amides is 2. The van der Waals surface area contributed by atoms with E-state index in [4.69, 9.17) is 0 Å². The quantitative estimate of drug-likeness (QED) is 0.478. The molecule has 0 radical (unpaired) electrons. The Morgan fingerprint density at radius 2 is 1.57 bits per heavy atom. The Hall–Kier alpha value is -3.41. The number of aryl methyl sites for hydroxylation is 2. The number of aromatic nitrogens is 1. The number of hydrogen-bond donors (Lipinski definition) is 1. The van der Waals surface area contributed by atoms with Crippen molar-refractivity contribution >= 4 is 34.2 Å². The van der Waals surface area contributed by atoms with Gasteiger partial charge in [0.05, 0.1) is 5.56 Å². The van der Waals surface area contributed by atoms with Crippen LogP contribution in [0.1, 0.15) is 35.3 Å². The van der Waals surface area contributed by atoms with Gasteiger partial charge >= 0.3 is 0 Å². The zero-order valence-corrected chi connectivity index (χ0v) is 17.9. The third-order valence-electron chi connectivity index (χ3n) is 5.38. The Morgan fingerprint density at radius 1 is 0.933 bits per heavy atom. The highest BCUT2D eigenvalue weighted by molar-refractivity contribution is 6.48. The summed E-state index contributed by atoms with van der Waals surface area (Å²) in [5, 5.41) is 3.41. The van der Waals surface area contributed by atoms with Crippen molar-refractivity contribution in [3.8, 4) is 0 Å². The van der Waals surface area contributed by atoms with Crippen molar-refractivity contribution in [3.63, 3.8) is 0 Å². The second-order valence-electron chi connectivity index (χ2n) is 7.30. The van der Waals surface area contributed by atoms with E-state index in [2.05, 4.69) is 5.32 Å². The molecule has 0 atom stereocenters. The Kier molecular flexibility index (Phi) is 6.35. The number of nitrogens with one attached hydrogen (secondary N) is 1. The van der Waals surface area contributed by atoms with Gasteiger partial charge in [-0.05, 0) is 44.9 Å². The van der Waals surface area contributed by atoms with E-state index in [0.717, 1.165) is 16.6 Å². The number of para-hydroxylation sites is 2. The van der Waals surface area contributed by atoms with Gasteiger partial charge in [-0.25, -0.2) is 0 Å². The van der Waals surface area contributed by atoms with E-state index in [1.54, 1.807) is 21.7 Å². The summed E-state index contributed by atoms with van der Waals surface area (Å²) >= 11 is 0. The summed E-state index contributed by atoms with van der Waals surface area (Å²) in [6.07, 6.45) is 1.61. The Balaban J connectivity index is 1.93. The molecule has 6 heteroatoms. The van der Waals surface area contributed by atoms with Gasteiger partial charge in [-0.1, -0.05) is 36.4 Å². The number of carbonyl (C=O) groups is 3. The Labute approximate surface area is 176 Å². The fraction of sp³-hybridized carbons (Fsp3) is 0.292. The lowest BCUT2D eigenvalue weighted by Gasteiger charge is -2.19. The molecule has 0 unspecified atom stereocenters. The van der Waals surface area contributed by atoms with Gasteiger partial charge in [0, 0.05) is 35.9 Å². The predicted molar refractivity (Wildman–Crippen MR) is 119 cm³/mol. The molecule has 3 rings (SSSR count). The lowest BCUT2D eigenvalue weighted by molar-refractivity contribution is -0.131. The maximum absolute atomic E-state index is 13.0.